The van der Waals surface area contributed by atoms with Crippen LogP contribution in [0.1, 0.15) is 44.1 Å². The monoisotopic (exact) mass is 272 g/mol. The van der Waals surface area contributed by atoms with Gasteiger partial charge in [-0.2, -0.15) is 0 Å². The zero-order valence-corrected chi connectivity index (χ0v) is 11.4. The Morgan fingerprint density at radius 3 is 2.47 bits per heavy atom. The summed E-state index contributed by atoms with van der Waals surface area (Å²) in [5.41, 5.74) is 0.917. The topological polar surface area (TPSA) is 9.23 Å². The van der Waals surface area contributed by atoms with Crippen LogP contribution in [-0.4, -0.2) is 6.10 Å². The molecular formula is C14H18Cl2O. The summed E-state index contributed by atoms with van der Waals surface area (Å²) in [4.78, 5) is 0. The SMILES string of the molecule is ClCc1c(Cl)cccc1OC1CCCCCC1. The second-order valence-corrected chi connectivity index (χ2v) is 5.26. The molecule has 0 atom stereocenters. The molecule has 1 nitrogen and oxygen atoms in total. The first-order valence-electron chi connectivity index (χ1n) is 6.31. The van der Waals surface area contributed by atoms with Crippen LogP contribution in [0.25, 0.3) is 0 Å². The van der Waals surface area contributed by atoms with Crippen LogP contribution in [0.5, 0.6) is 5.75 Å². The maximum atomic E-state index is 6.12. The molecule has 0 radical (unpaired) electrons. The van der Waals surface area contributed by atoms with Crippen LogP contribution in [-0.2, 0) is 5.88 Å². The van der Waals surface area contributed by atoms with Gasteiger partial charge in [-0.1, -0.05) is 30.5 Å². The molecule has 3 heteroatoms. The molecule has 1 fully saturated rings. The second-order valence-electron chi connectivity index (χ2n) is 4.58. The summed E-state index contributed by atoms with van der Waals surface area (Å²) in [6, 6.07) is 5.75. The minimum absolute atomic E-state index is 0.331. The van der Waals surface area contributed by atoms with E-state index in [1.807, 2.05) is 18.2 Å². The van der Waals surface area contributed by atoms with Crippen molar-refractivity contribution in [1.82, 2.24) is 0 Å². The Balaban J connectivity index is 2.09. The Labute approximate surface area is 113 Å². The third-order valence-electron chi connectivity index (χ3n) is 3.31. The summed E-state index contributed by atoms with van der Waals surface area (Å²) in [5.74, 6) is 1.27. The molecule has 2 rings (SSSR count). The van der Waals surface area contributed by atoms with E-state index >= 15 is 0 Å². The number of alkyl halides is 1. The number of benzene rings is 1. The highest BCUT2D eigenvalue weighted by Gasteiger charge is 2.16. The summed E-state index contributed by atoms with van der Waals surface area (Å²) in [6.07, 6.45) is 7.82. The first-order valence-corrected chi connectivity index (χ1v) is 7.22. The van der Waals surface area contributed by atoms with Crippen LogP contribution in [0.15, 0.2) is 18.2 Å². The smallest absolute Gasteiger partial charge is 0.125 e. The van der Waals surface area contributed by atoms with Crippen LogP contribution in [0, 0.1) is 0 Å². The molecule has 0 unspecified atom stereocenters. The highest BCUT2D eigenvalue weighted by Crippen LogP contribution is 2.31. The zero-order valence-electron chi connectivity index (χ0n) is 9.92. The number of hydrogen-bond acceptors (Lipinski definition) is 1. The van der Waals surface area contributed by atoms with Gasteiger partial charge in [-0.05, 0) is 37.8 Å². The summed E-state index contributed by atoms with van der Waals surface area (Å²) in [7, 11) is 0. The molecule has 17 heavy (non-hydrogen) atoms. The number of ether oxygens (including phenoxy) is 1. The highest BCUT2D eigenvalue weighted by atomic mass is 35.5. The van der Waals surface area contributed by atoms with Crippen molar-refractivity contribution in [3.05, 3.63) is 28.8 Å². The Bertz CT molecular complexity index is 357. The van der Waals surface area contributed by atoms with Crippen molar-refractivity contribution in [1.29, 1.82) is 0 Å². The molecule has 0 heterocycles. The van der Waals surface area contributed by atoms with E-state index in [1.54, 1.807) is 0 Å². The molecule has 0 aliphatic heterocycles. The Morgan fingerprint density at radius 2 is 1.82 bits per heavy atom. The maximum Gasteiger partial charge on any atom is 0.125 e. The molecule has 0 amide bonds. The lowest BCUT2D eigenvalue weighted by molar-refractivity contribution is 0.182. The van der Waals surface area contributed by atoms with E-state index < -0.39 is 0 Å². The third kappa shape index (κ3) is 3.53. The van der Waals surface area contributed by atoms with E-state index in [0.717, 1.165) is 24.2 Å². The first kappa shape index (κ1) is 13.0. The fourth-order valence-electron chi connectivity index (χ4n) is 2.32. The first-order chi connectivity index (χ1) is 8.31. The number of halogens is 2. The van der Waals surface area contributed by atoms with E-state index in [1.165, 1.54) is 25.7 Å². The molecule has 0 aromatic heterocycles. The molecule has 94 valence electrons. The Hall–Kier alpha value is -0.400. The Morgan fingerprint density at radius 1 is 1.12 bits per heavy atom. The van der Waals surface area contributed by atoms with E-state index in [0.29, 0.717) is 17.0 Å². The van der Waals surface area contributed by atoms with E-state index in [-0.39, 0.29) is 0 Å². The van der Waals surface area contributed by atoms with Crippen molar-refractivity contribution in [3.63, 3.8) is 0 Å². The average Bonchev–Trinajstić information content (AvgIpc) is 2.58. The second kappa shape index (κ2) is 6.51. The lowest BCUT2D eigenvalue weighted by atomic mass is 10.1. The fourth-order valence-corrected chi connectivity index (χ4v) is 2.90. The van der Waals surface area contributed by atoms with Gasteiger partial charge >= 0.3 is 0 Å². The average molecular weight is 273 g/mol. The van der Waals surface area contributed by atoms with Crippen molar-refractivity contribution < 1.29 is 4.74 Å². The molecule has 0 spiro atoms. The van der Waals surface area contributed by atoms with Gasteiger partial charge in [0.1, 0.15) is 5.75 Å². The van der Waals surface area contributed by atoms with Crippen LogP contribution in [0.3, 0.4) is 0 Å². The van der Waals surface area contributed by atoms with Crippen LogP contribution >= 0.6 is 23.2 Å². The molecule has 1 aliphatic rings. The normalized spacial score (nSPS) is 17.8. The zero-order chi connectivity index (χ0) is 12.1. The van der Waals surface area contributed by atoms with Gasteiger partial charge in [0.05, 0.1) is 12.0 Å². The van der Waals surface area contributed by atoms with Crippen LogP contribution in [0.4, 0.5) is 0 Å². The Kier molecular flexibility index (Phi) is 4.99. The van der Waals surface area contributed by atoms with Crippen molar-refractivity contribution in [2.75, 3.05) is 0 Å². The summed E-state index contributed by atoms with van der Waals surface area (Å²) in [6.45, 7) is 0. The predicted octanol–water partition coefficient (Wildman–Crippen LogP) is 5.18. The predicted molar refractivity (Wildman–Crippen MR) is 73.1 cm³/mol. The minimum atomic E-state index is 0.331. The summed E-state index contributed by atoms with van der Waals surface area (Å²) in [5, 5.41) is 0.700. The van der Waals surface area contributed by atoms with Gasteiger partial charge < -0.3 is 4.74 Å². The van der Waals surface area contributed by atoms with Gasteiger partial charge in [-0.15, -0.1) is 11.6 Å². The minimum Gasteiger partial charge on any atom is -0.490 e. The fraction of sp³-hybridized carbons (Fsp3) is 0.571. The number of rotatable bonds is 3. The van der Waals surface area contributed by atoms with Gasteiger partial charge in [-0.25, -0.2) is 0 Å². The van der Waals surface area contributed by atoms with E-state index in [4.69, 9.17) is 27.9 Å². The lowest BCUT2D eigenvalue weighted by Gasteiger charge is -2.19. The quantitative estimate of drug-likeness (QED) is 0.544. The van der Waals surface area contributed by atoms with Crippen molar-refractivity contribution in [2.24, 2.45) is 0 Å². The third-order valence-corrected chi connectivity index (χ3v) is 3.93. The van der Waals surface area contributed by atoms with Crippen molar-refractivity contribution >= 4 is 23.2 Å². The molecular weight excluding hydrogens is 255 g/mol. The molecule has 1 aromatic carbocycles. The van der Waals surface area contributed by atoms with Gasteiger partial charge in [0, 0.05) is 10.6 Å². The molecule has 0 saturated heterocycles. The van der Waals surface area contributed by atoms with Crippen LogP contribution in [0.2, 0.25) is 5.02 Å². The molecule has 0 bridgehead atoms. The summed E-state index contributed by atoms with van der Waals surface area (Å²) >= 11 is 12.0. The van der Waals surface area contributed by atoms with Crippen molar-refractivity contribution in [3.8, 4) is 5.75 Å². The van der Waals surface area contributed by atoms with Gasteiger partial charge in [0.15, 0.2) is 0 Å². The highest BCUT2D eigenvalue weighted by molar-refractivity contribution is 6.32. The molecule has 0 N–H and O–H groups in total. The standard InChI is InChI=1S/C14H18Cl2O/c15-10-12-13(16)8-5-9-14(12)17-11-6-3-1-2-4-7-11/h5,8-9,11H,1-4,6-7,10H2. The van der Waals surface area contributed by atoms with Gasteiger partial charge in [-0.3, -0.25) is 0 Å². The molecule has 1 aromatic rings. The summed E-state index contributed by atoms with van der Waals surface area (Å²) < 4.78 is 6.07. The molecule has 1 aliphatic carbocycles. The van der Waals surface area contributed by atoms with Crippen LogP contribution < -0.4 is 4.74 Å². The number of hydrogen-bond donors (Lipinski definition) is 0. The van der Waals surface area contributed by atoms with Gasteiger partial charge in [0.25, 0.3) is 0 Å². The molecule has 1 saturated carbocycles. The lowest BCUT2D eigenvalue weighted by Crippen LogP contribution is -2.15. The maximum absolute atomic E-state index is 6.12. The van der Waals surface area contributed by atoms with Gasteiger partial charge in [0.2, 0.25) is 0 Å². The largest absolute Gasteiger partial charge is 0.490 e. The van der Waals surface area contributed by atoms with E-state index in [9.17, 15) is 0 Å². The van der Waals surface area contributed by atoms with E-state index in [2.05, 4.69) is 0 Å². The van der Waals surface area contributed by atoms with Crippen molar-refractivity contribution in [2.45, 2.75) is 50.5 Å².